The Bertz CT molecular complexity index is 346. The molecule has 0 aromatic carbocycles. The van der Waals surface area contributed by atoms with Crippen LogP contribution < -0.4 is 0 Å². The monoisotopic (exact) mass is 264 g/mol. The van der Waals surface area contributed by atoms with Crippen LogP contribution in [0.1, 0.15) is 40.0 Å². The lowest BCUT2D eigenvalue weighted by molar-refractivity contribution is 0.126. The zero-order valence-corrected chi connectivity index (χ0v) is 12.0. The standard InChI is InChI=1S/C11H24N2O3S/c1-10-7-5-6-8-13(10)17(15,16)12(4)11(2,3)9-14/h10,14H,5-9H2,1-4H3. The van der Waals surface area contributed by atoms with Gasteiger partial charge in [-0.2, -0.15) is 17.0 Å². The van der Waals surface area contributed by atoms with Crippen molar-refractivity contribution >= 4 is 10.2 Å². The van der Waals surface area contributed by atoms with Gasteiger partial charge in [-0.15, -0.1) is 0 Å². The molecule has 0 aromatic rings. The van der Waals surface area contributed by atoms with Gasteiger partial charge in [-0.1, -0.05) is 6.42 Å². The number of piperidine rings is 1. The summed E-state index contributed by atoms with van der Waals surface area (Å²) in [5.74, 6) is 0. The Labute approximate surface area is 105 Å². The predicted molar refractivity (Wildman–Crippen MR) is 67.9 cm³/mol. The number of likely N-dealkylation sites (N-methyl/N-ethyl adjacent to an activating group) is 1. The molecule has 102 valence electrons. The highest BCUT2D eigenvalue weighted by atomic mass is 32.2. The summed E-state index contributed by atoms with van der Waals surface area (Å²) in [6.07, 6.45) is 2.91. The quantitative estimate of drug-likeness (QED) is 0.817. The fourth-order valence-corrected chi connectivity index (χ4v) is 3.90. The Morgan fingerprint density at radius 3 is 2.47 bits per heavy atom. The molecule has 1 atom stereocenters. The maximum atomic E-state index is 12.4. The molecule has 0 radical (unpaired) electrons. The molecule has 1 saturated heterocycles. The second-order valence-corrected chi connectivity index (χ2v) is 7.31. The Kier molecular flexibility index (Phi) is 4.57. The minimum Gasteiger partial charge on any atom is -0.394 e. The zero-order chi connectivity index (χ0) is 13.3. The third-order valence-electron chi connectivity index (χ3n) is 3.62. The molecule has 0 aliphatic carbocycles. The van der Waals surface area contributed by atoms with Crippen LogP contribution in [0.25, 0.3) is 0 Å². The van der Waals surface area contributed by atoms with Gasteiger partial charge in [0.1, 0.15) is 0 Å². The van der Waals surface area contributed by atoms with Gasteiger partial charge in [0, 0.05) is 19.6 Å². The lowest BCUT2D eigenvalue weighted by Gasteiger charge is -2.40. The van der Waals surface area contributed by atoms with Gasteiger partial charge in [-0.25, -0.2) is 0 Å². The molecule has 0 bridgehead atoms. The molecule has 1 heterocycles. The molecular formula is C11H24N2O3S. The first-order valence-corrected chi connectivity index (χ1v) is 7.50. The van der Waals surface area contributed by atoms with Crippen LogP contribution in [-0.2, 0) is 10.2 Å². The first-order valence-electron chi connectivity index (χ1n) is 6.10. The molecule has 1 aliphatic heterocycles. The average Bonchev–Trinajstić information content (AvgIpc) is 2.28. The van der Waals surface area contributed by atoms with E-state index in [1.807, 2.05) is 6.92 Å². The maximum Gasteiger partial charge on any atom is 0.282 e. The fourth-order valence-electron chi connectivity index (χ4n) is 1.98. The summed E-state index contributed by atoms with van der Waals surface area (Å²) in [7, 11) is -1.94. The molecule has 1 N–H and O–H groups in total. The smallest absolute Gasteiger partial charge is 0.282 e. The van der Waals surface area contributed by atoms with Crippen molar-refractivity contribution in [3.05, 3.63) is 0 Å². The Balaban J connectivity index is 2.94. The van der Waals surface area contributed by atoms with Gasteiger partial charge < -0.3 is 5.11 Å². The van der Waals surface area contributed by atoms with Gasteiger partial charge in [-0.05, 0) is 33.6 Å². The van der Waals surface area contributed by atoms with Crippen molar-refractivity contribution in [2.75, 3.05) is 20.2 Å². The van der Waals surface area contributed by atoms with Crippen molar-refractivity contribution in [3.63, 3.8) is 0 Å². The van der Waals surface area contributed by atoms with Crippen molar-refractivity contribution in [3.8, 4) is 0 Å². The molecule has 0 amide bonds. The van der Waals surface area contributed by atoms with Crippen LogP contribution in [-0.4, -0.2) is 53.9 Å². The van der Waals surface area contributed by atoms with E-state index in [4.69, 9.17) is 0 Å². The summed E-state index contributed by atoms with van der Waals surface area (Å²) >= 11 is 0. The predicted octanol–water partition coefficient (Wildman–Crippen LogP) is 0.808. The summed E-state index contributed by atoms with van der Waals surface area (Å²) in [6, 6.07) is 0.0469. The minimum atomic E-state index is -3.47. The molecule has 0 saturated carbocycles. The van der Waals surface area contributed by atoms with Crippen molar-refractivity contribution < 1.29 is 13.5 Å². The van der Waals surface area contributed by atoms with Crippen LogP contribution in [0.2, 0.25) is 0 Å². The Morgan fingerprint density at radius 2 is 2.00 bits per heavy atom. The van der Waals surface area contributed by atoms with Gasteiger partial charge in [0.25, 0.3) is 10.2 Å². The topological polar surface area (TPSA) is 60.9 Å². The van der Waals surface area contributed by atoms with Crippen LogP contribution in [0.5, 0.6) is 0 Å². The molecule has 17 heavy (non-hydrogen) atoms. The number of hydrogen-bond acceptors (Lipinski definition) is 3. The largest absolute Gasteiger partial charge is 0.394 e. The molecule has 0 spiro atoms. The molecule has 6 heteroatoms. The van der Waals surface area contributed by atoms with E-state index in [2.05, 4.69) is 0 Å². The van der Waals surface area contributed by atoms with Crippen LogP contribution in [0.4, 0.5) is 0 Å². The second-order valence-electron chi connectivity index (χ2n) is 5.40. The van der Waals surface area contributed by atoms with E-state index in [9.17, 15) is 13.5 Å². The summed E-state index contributed by atoms with van der Waals surface area (Å²) in [5.41, 5.74) is -0.768. The van der Waals surface area contributed by atoms with E-state index in [1.165, 1.54) is 11.4 Å². The third kappa shape index (κ3) is 2.99. The number of rotatable bonds is 4. The highest BCUT2D eigenvalue weighted by Crippen LogP contribution is 2.25. The van der Waals surface area contributed by atoms with Crippen molar-refractivity contribution in [2.45, 2.75) is 51.6 Å². The maximum absolute atomic E-state index is 12.4. The second kappa shape index (κ2) is 5.22. The highest BCUT2D eigenvalue weighted by molar-refractivity contribution is 7.86. The lowest BCUT2D eigenvalue weighted by Crippen LogP contribution is -2.55. The van der Waals surface area contributed by atoms with Crippen LogP contribution in [0.15, 0.2) is 0 Å². The van der Waals surface area contributed by atoms with Gasteiger partial charge in [0.2, 0.25) is 0 Å². The third-order valence-corrected chi connectivity index (χ3v) is 5.95. The number of hydrogen-bond donors (Lipinski definition) is 1. The number of nitrogens with zero attached hydrogens (tertiary/aromatic N) is 2. The van der Waals surface area contributed by atoms with E-state index in [1.54, 1.807) is 18.2 Å². The van der Waals surface area contributed by atoms with Gasteiger partial charge in [0.05, 0.1) is 12.1 Å². The number of aliphatic hydroxyl groups is 1. The normalized spacial score (nSPS) is 24.2. The molecule has 1 unspecified atom stereocenters. The molecule has 1 rings (SSSR count). The van der Waals surface area contributed by atoms with E-state index in [-0.39, 0.29) is 12.6 Å². The minimum absolute atomic E-state index is 0.0469. The summed E-state index contributed by atoms with van der Waals surface area (Å²) in [4.78, 5) is 0. The zero-order valence-electron chi connectivity index (χ0n) is 11.2. The summed E-state index contributed by atoms with van der Waals surface area (Å²) in [6.45, 7) is 5.77. The van der Waals surface area contributed by atoms with E-state index >= 15 is 0 Å². The van der Waals surface area contributed by atoms with Gasteiger partial charge >= 0.3 is 0 Å². The molecule has 5 nitrogen and oxygen atoms in total. The molecule has 0 aromatic heterocycles. The fraction of sp³-hybridized carbons (Fsp3) is 1.00. The summed E-state index contributed by atoms with van der Waals surface area (Å²) < 4.78 is 27.7. The Hall–Kier alpha value is -0.170. The van der Waals surface area contributed by atoms with E-state index < -0.39 is 15.7 Å². The van der Waals surface area contributed by atoms with Crippen LogP contribution >= 0.6 is 0 Å². The first-order chi connectivity index (χ1) is 7.73. The molecule has 1 fully saturated rings. The Morgan fingerprint density at radius 1 is 1.41 bits per heavy atom. The van der Waals surface area contributed by atoms with Crippen molar-refractivity contribution in [2.24, 2.45) is 0 Å². The van der Waals surface area contributed by atoms with Gasteiger partial charge in [0.15, 0.2) is 0 Å². The van der Waals surface area contributed by atoms with E-state index in [0.29, 0.717) is 6.54 Å². The van der Waals surface area contributed by atoms with Crippen molar-refractivity contribution in [1.82, 2.24) is 8.61 Å². The average molecular weight is 264 g/mol. The van der Waals surface area contributed by atoms with Gasteiger partial charge in [-0.3, -0.25) is 0 Å². The lowest BCUT2D eigenvalue weighted by atomic mass is 10.1. The van der Waals surface area contributed by atoms with Crippen LogP contribution in [0.3, 0.4) is 0 Å². The first kappa shape index (κ1) is 14.9. The number of aliphatic hydroxyl groups excluding tert-OH is 1. The molecule has 1 aliphatic rings. The SMILES string of the molecule is CC1CCCCN1S(=O)(=O)N(C)C(C)(C)CO. The van der Waals surface area contributed by atoms with E-state index in [0.717, 1.165) is 19.3 Å². The highest BCUT2D eigenvalue weighted by Gasteiger charge is 2.39. The van der Waals surface area contributed by atoms with Crippen molar-refractivity contribution in [1.29, 1.82) is 0 Å². The summed E-state index contributed by atoms with van der Waals surface area (Å²) in [5, 5.41) is 9.27. The molecular weight excluding hydrogens is 240 g/mol. The van der Waals surface area contributed by atoms with Crippen LogP contribution in [0, 0.1) is 0 Å².